The molecule has 3 aromatic carbocycles. The lowest BCUT2D eigenvalue weighted by atomic mass is 10.2. The number of carbonyl (C=O) groups excluding carboxylic acids is 1. The second-order valence-electron chi connectivity index (χ2n) is 6.63. The first-order valence-corrected chi connectivity index (χ1v) is 10.7. The molecular weight excluding hydrogens is 432 g/mol. The number of rotatable bonds is 6. The van der Waals surface area contributed by atoms with E-state index in [1.807, 2.05) is 78.9 Å². The third-order valence-corrected chi connectivity index (χ3v) is 5.74. The van der Waals surface area contributed by atoms with Crippen LogP contribution in [0.3, 0.4) is 0 Å². The van der Waals surface area contributed by atoms with Gasteiger partial charge in [-0.1, -0.05) is 41.9 Å². The summed E-state index contributed by atoms with van der Waals surface area (Å²) in [6.45, 7) is 0.369. The number of methoxy groups -OCH3 is 1. The van der Waals surface area contributed by atoms with Crippen LogP contribution in [0.25, 0.3) is 6.08 Å². The molecule has 0 atom stereocenters. The van der Waals surface area contributed by atoms with Gasteiger partial charge in [-0.25, -0.2) is 4.99 Å². The molecule has 4 rings (SSSR count). The standard InChI is InChI=1S/C24H19ClN2O3S/c1-29-19-11-9-18(10-12-19)26-24-27-23(28)22(31-24)14-16-5-4-7-20(13-16)30-15-17-6-2-3-8-21(17)25/h2-14H,15H2,1H3,(H,26,27,28). The van der Waals surface area contributed by atoms with Gasteiger partial charge in [0, 0.05) is 10.6 Å². The SMILES string of the molecule is COc1ccc(N=C2NC(=O)C(=Cc3cccc(OCc4ccccc4Cl)c3)S2)cc1. The average Bonchev–Trinajstić information content (AvgIpc) is 3.12. The molecule has 0 aromatic heterocycles. The van der Waals surface area contributed by atoms with Crippen LogP contribution in [0.4, 0.5) is 5.69 Å². The third-order valence-electron chi connectivity index (χ3n) is 4.46. The summed E-state index contributed by atoms with van der Waals surface area (Å²) >= 11 is 7.48. The normalized spacial score (nSPS) is 15.9. The van der Waals surface area contributed by atoms with E-state index in [1.54, 1.807) is 7.11 Å². The number of halogens is 1. The molecule has 1 fully saturated rings. The van der Waals surface area contributed by atoms with E-state index in [2.05, 4.69) is 10.3 Å². The smallest absolute Gasteiger partial charge is 0.264 e. The van der Waals surface area contributed by atoms with Crippen molar-refractivity contribution in [3.05, 3.63) is 93.9 Å². The number of nitrogens with one attached hydrogen (secondary N) is 1. The fourth-order valence-electron chi connectivity index (χ4n) is 2.88. The number of hydrogen-bond acceptors (Lipinski definition) is 5. The maximum absolute atomic E-state index is 12.4. The Kier molecular flexibility index (Phi) is 6.60. The summed E-state index contributed by atoms with van der Waals surface area (Å²) in [5.41, 5.74) is 2.51. The highest BCUT2D eigenvalue weighted by molar-refractivity contribution is 8.18. The molecule has 0 bridgehead atoms. The van der Waals surface area contributed by atoms with Gasteiger partial charge in [-0.15, -0.1) is 0 Å². The number of aliphatic imine (C=N–C) groups is 1. The van der Waals surface area contributed by atoms with Crippen molar-refractivity contribution in [3.63, 3.8) is 0 Å². The fraction of sp³-hybridized carbons (Fsp3) is 0.0833. The highest BCUT2D eigenvalue weighted by Crippen LogP contribution is 2.29. The van der Waals surface area contributed by atoms with E-state index in [0.29, 0.717) is 27.5 Å². The van der Waals surface area contributed by atoms with Crippen molar-refractivity contribution in [3.8, 4) is 11.5 Å². The number of thioether (sulfide) groups is 1. The molecule has 156 valence electrons. The van der Waals surface area contributed by atoms with Crippen molar-refractivity contribution in [1.29, 1.82) is 0 Å². The Balaban J connectivity index is 1.45. The van der Waals surface area contributed by atoms with Crippen molar-refractivity contribution >= 4 is 46.2 Å². The molecule has 7 heteroatoms. The topological polar surface area (TPSA) is 59.9 Å². The van der Waals surface area contributed by atoms with E-state index in [0.717, 1.165) is 22.6 Å². The van der Waals surface area contributed by atoms with E-state index in [4.69, 9.17) is 21.1 Å². The van der Waals surface area contributed by atoms with Gasteiger partial charge in [-0.3, -0.25) is 4.79 Å². The Bertz CT molecular complexity index is 1160. The van der Waals surface area contributed by atoms with Gasteiger partial charge < -0.3 is 14.8 Å². The number of amidine groups is 1. The lowest BCUT2D eigenvalue weighted by molar-refractivity contribution is -0.115. The Labute approximate surface area is 189 Å². The molecule has 3 aromatic rings. The average molecular weight is 451 g/mol. The Morgan fingerprint density at radius 2 is 1.84 bits per heavy atom. The summed E-state index contributed by atoms with van der Waals surface area (Å²) in [6, 6.07) is 22.5. The van der Waals surface area contributed by atoms with E-state index < -0.39 is 0 Å². The van der Waals surface area contributed by atoms with Gasteiger partial charge in [0.15, 0.2) is 5.17 Å². The molecule has 0 saturated carbocycles. The summed E-state index contributed by atoms with van der Waals surface area (Å²) in [4.78, 5) is 17.4. The molecule has 0 unspecified atom stereocenters. The van der Waals surface area contributed by atoms with Gasteiger partial charge in [0.1, 0.15) is 18.1 Å². The quantitative estimate of drug-likeness (QED) is 0.481. The van der Waals surface area contributed by atoms with Crippen LogP contribution in [0.15, 0.2) is 82.7 Å². The van der Waals surface area contributed by atoms with Crippen molar-refractivity contribution in [2.24, 2.45) is 4.99 Å². The van der Waals surface area contributed by atoms with Crippen molar-refractivity contribution in [1.82, 2.24) is 5.32 Å². The van der Waals surface area contributed by atoms with Gasteiger partial charge in [0.05, 0.1) is 17.7 Å². The van der Waals surface area contributed by atoms with Crippen molar-refractivity contribution in [2.75, 3.05) is 7.11 Å². The summed E-state index contributed by atoms with van der Waals surface area (Å²) in [5.74, 6) is 1.27. The number of benzene rings is 3. The molecule has 0 radical (unpaired) electrons. The number of nitrogens with zero attached hydrogens (tertiary/aromatic N) is 1. The minimum absolute atomic E-state index is 0.181. The van der Waals surface area contributed by atoms with Gasteiger partial charge in [0.2, 0.25) is 0 Å². The molecular formula is C24H19ClN2O3S. The molecule has 1 saturated heterocycles. The van der Waals surface area contributed by atoms with Gasteiger partial charge in [0.25, 0.3) is 5.91 Å². The number of hydrogen-bond donors (Lipinski definition) is 1. The van der Waals surface area contributed by atoms with Crippen LogP contribution in [-0.2, 0) is 11.4 Å². The van der Waals surface area contributed by atoms with Crippen LogP contribution in [0.5, 0.6) is 11.5 Å². The highest BCUT2D eigenvalue weighted by atomic mass is 35.5. The second kappa shape index (κ2) is 9.73. The molecule has 1 aliphatic rings. The van der Waals surface area contributed by atoms with Crippen molar-refractivity contribution < 1.29 is 14.3 Å². The molecule has 1 amide bonds. The van der Waals surface area contributed by atoms with Crippen LogP contribution in [0, 0.1) is 0 Å². The maximum Gasteiger partial charge on any atom is 0.264 e. The number of carbonyl (C=O) groups is 1. The van der Waals surface area contributed by atoms with Crippen molar-refractivity contribution in [2.45, 2.75) is 6.61 Å². The molecule has 1 N–H and O–H groups in total. The second-order valence-corrected chi connectivity index (χ2v) is 8.07. The summed E-state index contributed by atoms with van der Waals surface area (Å²) in [5, 5.41) is 4.00. The zero-order chi connectivity index (χ0) is 21.6. The summed E-state index contributed by atoms with van der Waals surface area (Å²) in [7, 11) is 1.61. The van der Waals surface area contributed by atoms with Gasteiger partial charge in [-0.2, -0.15) is 0 Å². The van der Waals surface area contributed by atoms with Crippen LogP contribution in [-0.4, -0.2) is 18.2 Å². The summed E-state index contributed by atoms with van der Waals surface area (Å²) in [6.07, 6.45) is 1.82. The third kappa shape index (κ3) is 5.48. The highest BCUT2D eigenvalue weighted by Gasteiger charge is 2.23. The predicted octanol–water partition coefficient (Wildman–Crippen LogP) is 5.82. The number of amides is 1. The Hall–Kier alpha value is -3.22. The minimum atomic E-state index is -0.181. The van der Waals surface area contributed by atoms with Crippen LogP contribution < -0.4 is 14.8 Å². The molecule has 0 aliphatic carbocycles. The van der Waals surface area contributed by atoms with Gasteiger partial charge in [-0.05, 0) is 65.9 Å². The molecule has 1 heterocycles. The Morgan fingerprint density at radius 3 is 2.61 bits per heavy atom. The molecule has 5 nitrogen and oxygen atoms in total. The largest absolute Gasteiger partial charge is 0.497 e. The van der Waals surface area contributed by atoms with E-state index >= 15 is 0 Å². The minimum Gasteiger partial charge on any atom is -0.497 e. The monoisotopic (exact) mass is 450 g/mol. The van der Waals surface area contributed by atoms with Gasteiger partial charge >= 0.3 is 0 Å². The van der Waals surface area contributed by atoms with Crippen LogP contribution in [0.2, 0.25) is 5.02 Å². The predicted molar refractivity (Wildman–Crippen MR) is 126 cm³/mol. The molecule has 1 aliphatic heterocycles. The summed E-state index contributed by atoms with van der Waals surface area (Å²) < 4.78 is 11.0. The maximum atomic E-state index is 12.4. The Morgan fingerprint density at radius 1 is 1.03 bits per heavy atom. The van der Waals surface area contributed by atoms with E-state index in [1.165, 1.54) is 11.8 Å². The van der Waals surface area contributed by atoms with Crippen LogP contribution >= 0.6 is 23.4 Å². The lowest BCUT2D eigenvalue weighted by Gasteiger charge is -2.08. The lowest BCUT2D eigenvalue weighted by Crippen LogP contribution is -2.19. The first-order chi connectivity index (χ1) is 15.1. The van der Waals surface area contributed by atoms with E-state index in [-0.39, 0.29) is 5.91 Å². The van der Waals surface area contributed by atoms with E-state index in [9.17, 15) is 4.79 Å². The zero-order valence-electron chi connectivity index (χ0n) is 16.7. The molecule has 0 spiro atoms. The van der Waals surface area contributed by atoms with Crippen LogP contribution in [0.1, 0.15) is 11.1 Å². The first kappa shape index (κ1) is 21.0. The first-order valence-electron chi connectivity index (χ1n) is 9.50. The molecule has 31 heavy (non-hydrogen) atoms. The fourth-order valence-corrected chi connectivity index (χ4v) is 3.91. The number of ether oxygens (including phenoxy) is 2. The zero-order valence-corrected chi connectivity index (χ0v) is 18.2.